The van der Waals surface area contributed by atoms with Gasteiger partial charge in [-0.2, -0.15) is 0 Å². The van der Waals surface area contributed by atoms with Crippen molar-refractivity contribution < 1.29 is 24.6 Å². The van der Waals surface area contributed by atoms with Crippen molar-refractivity contribution in [3.05, 3.63) is 35.4 Å². The molecule has 0 heterocycles. The molecule has 3 N–H and O–H groups in total. The first-order valence-electron chi connectivity index (χ1n) is 5.30. The van der Waals surface area contributed by atoms with Crippen LogP contribution in [0.25, 0.3) is 0 Å². The van der Waals surface area contributed by atoms with Crippen LogP contribution in [0.1, 0.15) is 22.3 Å². The summed E-state index contributed by atoms with van der Waals surface area (Å²) < 4.78 is 0. The van der Waals surface area contributed by atoms with Crippen molar-refractivity contribution in [3.63, 3.8) is 0 Å². The van der Waals surface area contributed by atoms with Crippen LogP contribution in [0.4, 0.5) is 0 Å². The first-order chi connectivity index (χ1) is 9.00. The Labute approximate surface area is 109 Å². The van der Waals surface area contributed by atoms with Gasteiger partial charge in [-0.25, -0.2) is 0 Å². The molecule has 0 aliphatic rings. The smallest absolute Gasteiger partial charge is 0.322 e. The van der Waals surface area contributed by atoms with Crippen LogP contribution in [0, 0.1) is 11.8 Å². The van der Waals surface area contributed by atoms with Crippen molar-refractivity contribution in [2.75, 3.05) is 6.54 Å². The number of aliphatic carboxylic acids is 2. The average molecular weight is 261 g/mol. The Bertz CT molecular complexity index is 568. The largest absolute Gasteiger partial charge is 0.481 e. The van der Waals surface area contributed by atoms with Crippen LogP contribution in [0.2, 0.25) is 0 Å². The summed E-state index contributed by atoms with van der Waals surface area (Å²) in [5, 5.41) is 19.2. The molecule has 19 heavy (non-hydrogen) atoms. The second kappa shape index (κ2) is 6.81. The molecular weight excluding hydrogens is 250 g/mol. The van der Waals surface area contributed by atoms with Gasteiger partial charge in [0.2, 0.25) is 0 Å². The fraction of sp³-hybridized carbons (Fsp3) is 0.154. The Hall–Kier alpha value is -2.81. The van der Waals surface area contributed by atoms with Crippen molar-refractivity contribution in [2.24, 2.45) is 0 Å². The lowest BCUT2D eigenvalue weighted by Gasteiger charge is -2.04. The van der Waals surface area contributed by atoms with E-state index in [2.05, 4.69) is 17.2 Å². The van der Waals surface area contributed by atoms with Crippen LogP contribution in [-0.2, 0) is 9.59 Å². The second-order valence-corrected chi connectivity index (χ2v) is 3.49. The van der Waals surface area contributed by atoms with Gasteiger partial charge in [0.05, 0.1) is 5.56 Å². The number of carboxylic acid groups (broad SMARTS) is 2. The van der Waals surface area contributed by atoms with E-state index in [1.54, 1.807) is 18.2 Å². The molecule has 0 aliphatic heterocycles. The van der Waals surface area contributed by atoms with Gasteiger partial charge in [-0.15, -0.1) is 0 Å². The van der Waals surface area contributed by atoms with Gasteiger partial charge in [0.15, 0.2) is 0 Å². The third-order valence-corrected chi connectivity index (χ3v) is 2.03. The highest BCUT2D eigenvalue weighted by atomic mass is 16.4. The zero-order valence-corrected chi connectivity index (χ0v) is 9.84. The Kier molecular flexibility index (Phi) is 5.11. The minimum absolute atomic E-state index is 0.210. The topological polar surface area (TPSA) is 104 Å². The minimum atomic E-state index is -1.15. The number of benzene rings is 1. The second-order valence-electron chi connectivity index (χ2n) is 3.49. The van der Waals surface area contributed by atoms with Crippen molar-refractivity contribution in [2.45, 2.75) is 6.42 Å². The van der Waals surface area contributed by atoms with E-state index >= 15 is 0 Å². The highest BCUT2D eigenvalue weighted by Crippen LogP contribution is 2.07. The van der Waals surface area contributed by atoms with Crippen molar-refractivity contribution in [1.29, 1.82) is 0 Å². The molecule has 0 saturated carbocycles. The van der Waals surface area contributed by atoms with E-state index in [4.69, 9.17) is 10.2 Å². The maximum atomic E-state index is 11.7. The quantitative estimate of drug-likeness (QED) is 0.677. The minimum Gasteiger partial charge on any atom is -0.481 e. The zero-order valence-electron chi connectivity index (χ0n) is 9.84. The molecule has 0 aliphatic carbocycles. The molecule has 1 rings (SSSR count). The van der Waals surface area contributed by atoms with Crippen LogP contribution in [0.5, 0.6) is 0 Å². The molecule has 6 heteroatoms. The van der Waals surface area contributed by atoms with Crippen molar-refractivity contribution >= 4 is 17.8 Å². The van der Waals surface area contributed by atoms with Crippen molar-refractivity contribution in [1.82, 2.24) is 5.32 Å². The summed E-state index contributed by atoms with van der Waals surface area (Å²) in [6.45, 7) is -0.490. The van der Waals surface area contributed by atoms with Gasteiger partial charge in [0.1, 0.15) is 13.0 Å². The molecule has 0 unspecified atom stereocenters. The zero-order chi connectivity index (χ0) is 14.3. The summed E-state index contributed by atoms with van der Waals surface area (Å²) in [6, 6.07) is 6.31. The third-order valence-electron chi connectivity index (χ3n) is 2.03. The van der Waals surface area contributed by atoms with E-state index in [-0.39, 0.29) is 12.0 Å². The first-order valence-corrected chi connectivity index (χ1v) is 5.30. The number of carbonyl (C=O) groups is 3. The lowest BCUT2D eigenvalue weighted by molar-refractivity contribution is -0.136. The van der Waals surface area contributed by atoms with Gasteiger partial charge in [0, 0.05) is 5.56 Å². The maximum absolute atomic E-state index is 11.7. The van der Waals surface area contributed by atoms with E-state index in [9.17, 15) is 14.4 Å². The lowest BCUT2D eigenvalue weighted by Crippen LogP contribution is -2.29. The Morgan fingerprint density at radius 2 is 1.79 bits per heavy atom. The molecule has 0 radical (unpaired) electrons. The maximum Gasteiger partial charge on any atom is 0.322 e. The van der Waals surface area contributed by atoms with Crippen molar-refractivity contribution in [3.8, 4) is 11.8 Å². The SMILES string of the molecule is O=C(O)CC#Cc1ccccc1C(=O)NCC(=O)O. The number of nitrogens with one attached hydrogen (secondary N) is 1. The number of amides is 1. The van der Waals surface area contributed by atoms with E-state index in [0.717, 1.165) is 0 Å². The summed E-state index contributed by atoms with van der Waals surface area (Å²) in [6.07, 6.45) is -0.328. The van der Waals surface area contributed by atoms with E-state index < -0.39 is 24.4 Å². The molecular formula is C13H11NO5. The molecule has 6 nitrogen and oxygen atoms in total. The van der Waals surface area contributed by atoms with Crippen LogP contribution in [-0.4, -0.2) is 34.6 Å². The average Bonchev–Trinajstić information content (AvgIpc) is 2.36. The monoisotopic (exact) mass is 261 g/mol. The molecule has 98 valence electrons. The molecule has 0 bridgehead atoms. The number of hydrogen-bond donors (Lipinski definition) is 3. The number of carbonyl (C=O) groups excluding carboxylic acids is 1. The number of rotatable bonds is 4. The normalized spacial score (nSPS) is 9.05. The molecule has 0 spiro atoms. The molecule has 1 amide bonds. The third kappa shape index (κ3) is 4.91. The molecule has 0 saturated heterocycles. The molecule has 0 atom stereocenters. The van der Waals surface area contributed by atoms with Crippen LogP contribution < -0.4 is 5.32 Å². The first kappa shape index (κ1) is 14.3. The highest BCUT2D eigenvalue weighted by Gasteiger charge is 2.10. The fourth-order valence-corrected chi connectivity index (χ4v) is 1.26. The fourth-order valence-electron chi connectivity index (χ4n) is 1.26. The Morgan fingerprint density at radius 3 is 2.42 bits per heavy atom. The summed E-state index contributed by atoms with van der Waals surface area (Å²) >= 11 is 0. The molecule has 1 aromatic rings. The molecule has 0 fully saturated rings. The van der Waals surface area contributed by atoms with Gasteiger partial charge in [-0.1, -0.05) is 24.0 Å². The van der Waals surface area contributed by atoms with Crippen LogP contribution in [0.3, 0.4) is 0 Å². The van der Waals surface area contributed by atoms with Gasteiger partial charge in [-0.05, 0) is 12.1 Å². The van der Waals surface area contributed by atoms with Gasteiger partial charge < -0.3 is 15.5 Å². The van der Waals surface area contributed by atoms with E-state index in [1.807, 2.05) is 0 Å². The summed E-state index contributed by atoms with van der Waals surface area (Å²) in [7, 11) is 0. The Morgan fingerprint density at radius 1 is 1.11 bits per heavy atom. The lowest BCUT2D eigenvalue weighted by atomic mass is 10.1. The van der Waals surface area contributed by atoms with Crippen LogP contribution in [0.15, 0.2) is 24.3 Å². The standard InChI is InChI=1S/C13H11NO5/c15-11(16)7-3-5-9-4-1-2-6-10(9)13(19)14-8-12(17)18/h1-2,4,6H,7-8H2,(H,14,19)(H,15,16)(H,17,18). The Balaban J connectivity index is 2.88. The predicted molar refractivity (Wildman–Crippen MR) is 65.5 cm³/mol. The number of carboxylic acids is 2. The predicted octanol–water partition coefficient (Wildman–Crippen LogP) is 0.327. The van der Waals surface area contributed by atoms with Gasteiger partial charge in [0.25, 0.3) is 5.91 Å². The van der Waals surface area contributed by atoms with Crippen LogP contribution >= 0.6 is 0 Å². The summed E-state index contributed by atoms with van der Waals surface area (Å²) in [5.74, 6) is 2.22. The summed E-state index contributed by atoms with van der Waals surface area (Å²) in [5.41, 5.74) is 0.563. The molecule has 0 aromatic heterocycles. The van der Waals surface area contributed by atoms with E-state index in [0.29, 0.717) is 5.56 Å². The van der Waals surface area contributed by atoms with E-state index in [1.165, 1.54) is 6.07 Å². The van der Waals surface area contributed by atoms with Gasteiger partial charge >= 0.3 is 11.9 Å². The number of hydrogen-bond acceptors (Lipinski definition) is 3. The molecule has 1 aromatic carbocycles. The highest BCUT2D eigenvalue weighted by molar-refractivity contribution is 5.98. The van der Waals surface area contributed by atoms with Gasteiger partial charge in [-0.3, -0.25) is 14.4 Å². The summed E-state index contributed by atoms with van der Waals surface area (Å²) in [4.78, 5) is 32.4.